The summed E-state index contributed by atoms with van der Waals surface area (Å²) in [5, 5.41) is 23.3. The van der Waals surface area contributed by atoms with Gasteiger partial charge in [0.15, 0.2) is 0 Å². The smallest absolute Gasteiger partial charge is 0.305 e. The first kappa shape index (κ1) is 78.3. The van der Waals surface area contributed by atoms with Crippen LogP contribution in [0.25, 0.3) is 0 Å². The molecule has 0 spiro atoms. The number of nitrogens with one attached hydrogen (secondary N) is 1. The minimum atomic E-state index is -0.663. The van der Waals surface area contributed by atoms with E-state index in [1.807, 2.05) is 0 Å². The van der Waals surface area contributed by atoms with Crippen LogP contribution < -0.4 is 5.32 Å². The van der Waals surface area contributed by atoms with Crippen molar-refractivity contribution >= 4 is 11.9 Å². The summed E-state index contributed by atoms with van der Waals surface area (Å²) >= 11 is 0. The topological polar surface area (TPSA) is 95.9 Å². The Labute approximate surface area is 501 Å². The Morgan fingerprint density at radius 2 is 0.625 bits per heavy atom. The van der Waals surface area contributed by atoms with Crippen molar-refractivity contribution in [2.45, 2.75) is 424 Å². The largest absolute Gasteiger partial charge is 0.466 e. The third-order valence-electron chi connectivity index (χ3n) is 17.3. The second-order valence-corrected chi connectivity index (χ2v) is 25.3. The molecule has 0 heterocycles. The zero-order valence-electron chi connectivity index (χ0n) is 54.3. The number of unbranched alkanes of at least 4 members (excludes halogenated alkanes) is 54. The number of ether oxygens (including phenoxy) is 1. The fourth-order valence-corrected chi connectivity index (χ4v) is 11.7. The molecule has 2 atom stereocenters. The molecule has 0 saturated heterocycles. The molecule has 1 amide bonds. The van der Waals surface area contributed by atoms with Gasteiger partial charge in [0.25, 0.3) is 0 Å². The monoisotopic (exact) mass is 1130 g/mol. The maximum atomic E-state index is 12.5. The first-order valence-electron chi connectivity index (χ1n) is 36.6. The zero-order chi connectivity index (χ0) is 57.8. The van der Waals surface area contributed by atoms with Crippen LogP contribution in [-0.4, -0.2) is 47.4 Å². The molecule has 0 radical (unpaired) electrons. The van der Waals surface area contributed by atoms with Gasteiger partial charge >= 0.3 is 5.97 Å². The third kappa shape index (κ3) is 65.5. The number of carbonyl (C=O) groups excluding carboxylic acids is 2. The van der Waals surface area contributed by atoms with Crippen molar-refractivity contribution in [1.82, 2.24) is 5.32 Å². The van der Waals surface area contributed by atoms with Gasteiger partial charge in [-0.2, -0.15) is 0 Å². The molecule has 0 aliphatic heterocycles. The van der Waals surface area contributed by atoms with E-state index in [1.54, 1.807) is 0 Å². The van der Waals surface area contributed by atoms with Gasteiger partial charge in [-0.05, 0) is 57.8 Å². The van der Waals surface area contributed by atoms with E-state index in [-0.39, 0.29) is 18.5 Å². The molecule has 0 saturated carbocycles. The Kier molecular flexibility index (Phi) is 68.4. The number of allylic oxidation sites excluding steroid dienone is 4. The highest BCUT2D eigenvalue weighted by molar-refractivity contribution is 5.76. The first-order chi connectivity index (χ1) is 39.5. The summed E-state index contributed by atoms with van der Waals surface area (Å²) in [7, 11) is 0. The van der Waals surface area contributed by atoms with Crippen molar-refractivity contribution in [3.63, 3.8) is 0 Å². The Morgan fingerprint density at radius 1 is 0.350 bits per heavy atom. The lowest BCUT2D eigenvalue weighted by Gasteiger charge is -2.22. The van der Waals surface area contributed by atoms with Crippen LogP contribution in [0.15, 0.2) is 24.3 Å². The Morgan fingerprint density at radius 3 is 0.950 bits per heavy atom. The van der Waals surface area contributed by atoms with Crippen molar-refractivity contribution in [2.24, 2.45) is 0 Å². The Balaban J connectivity index is 3.37. The predicted molar refractivity (Wildman–Crippen MR) is 352 cm³/mol. The summed E-state index contributed by atoms with van der Waals surface area (Å²) in [4.78, 5) is 24.6. The maximum Gasteiger partial charge on any atom is 0.305 e. The number of esters is 1. The van der Waals surface area contributed by atoms with Gasteiger partial charge in [0.1, 0.15) is 0 Å². The van der Waals surface area contributed by atoms with E-state index in [2.05, 4.69) is 43.5 Å². The van der Waals surface area contributed by atoms with E-state index in [4.69, 9.17) is 4.74 Å². The number of rotatable bonds is 69. The highest BCUT2D eigenvalue weighted by Gasteiger charge is 2.20. The van der Waals surface area contributed by atoms with Crippen LogP contribution in [0.3, 0.4) is 0 Å². The van der Waals surface area contributed by atoms with E-state index >= 15 is 0 Å². The van der Waals surface area contributed by atoms with Crippen molar-refractivity contribution in [2.75, 3.05) is 13.2 Å². The predicted octanol–water partition coefficient (Wildman–Crippen LogP) is 23.7. The summed E-state index contributed by atoms with van der Waals surface area (Å²) in [6.07, 6.45) is 88.1. The van der Waals surface area contributed by atoms with E-state index < -0.39 is 12.1 Å². The quantitative estimate of drug-likeness (QED) is 0.0320. The lowest BCUT2D eigenvalue weighted by Crippen LogP contribution is -2.45. The molecule has 0 rings (SSSR count). The zero-order valence-corrected chi connectivity index (χ0v) is 54.3. The maximum absolute atomic E-state index is 12.5. The van der Waals surface area contributed by atoms with E-state index in [9.17, 15) is 19.8 Å². The first-order valence-corrected chi connectivity index (χ1v) is 36.6. The third-order valence-corrected chi connectivity index (χ3v) is 17.3. The summed E-state index contributed by atoms with van der Waals surface area (Å²) < 4.78 is 5.50. The lowest BCUT2D eigenvalue weighted by atomic mass is 10.0. The van der Waals surface area contributed by atoms with E-state index in [0.717, 1.165) is 44.9 Å². The molecule has 0 aromatic rings. The number of carbonyl (C=O) groups is 2. The molecule has 6 heteroatoms. The molecule has 0 aromatic carbocycles. The van der Waals surface area contributed by atoms with Gasteiger partial charge in [0.05, 0.1) is 25.4 Å². The average molecular weight is 1130 g/mol. The molecule has 80 heavy (non-hydrogen) atoms. The summed E-state index contributed by atoms with van der Waals surface area (Å²) in [5.41, 5.74) is 0. The highest BCUT2D eigenvalue weighted by Crippen LogP contribution is 2.19. The molecule has 474 valence electrons. The molecule has 0 aliphatic rings. The standard InChI is InChI=1S/C74H143NO5/c1-3-5-7-9-11-13-15-17-19-35-40-44-48-52-56-60-64-68-74(79)80-69-65-61-57-53-49-45-41-37-34-32-30-28-26-24-22-20-21-23-25-27-29-31-33-36-39-43-47-51-55-59-63-67-73(78)75-71(70-76)72(77)66-62-58-54-50-46-42-38-18-16-14-12-10-8-6-4-2/h22,24,28,30,71-72,76-77H,3-21,23,25-27,29,31-70H2,1-2H3,(H,75,78)/b24-22-,30-28-. The molecular formula is C74H143NO5. The van der Waals surface area contributed by atoms with Crippen LogP contribution in [0.2, 0.25) is 0 Å². The summed E-state index contributed by atoms with van der Waals surface area (Å²) in [5.74, 6) is -0.0134. The van der Waals surface area contributed by atoms with Crippen LogP contribution in [0.1, 0.15) is 412 Å². The number of aliphatic hydroxyl groups is 2. The van der Waals surface area contributed by atoms with Gasteiger partial charge in [-0.25, -0.2) is 0 Å². The van der Waals surface area contributed by atoms with Crippen LogP contribution in [0.5, 0.6) is 0 Å². The second-order valence-electron chi connectivity index (χ2n) is 25.3. The van der Waals surface area contributed by atoms with Gasteiger partial charge in [0, 0.05) is 12.8 Å². The average Bonchev–Trinajstić information content (AvgIpc) is 3.46. The van der Waals surface area contributed by atoms with Crippen LogP contribution in [0.4, 0.5) is 0 Å². The number of hydrogen-bond acceptors (Lipinski definition) is 5. The van der Waals surface area contributed by atoms with Gasteiger partial charge in [-0.1, -0.05) is 366 Å². The fraction of sp³-hybridized carbons (Fsp3) is 0.919. The van der Waals surface area contributed by atoms with Crippen LogP contribution >= 0.6 is 0 Å². The fourth-order valence-electron chi connectivity index (χ4n) is 11.7. The van der Waals surface area contributed by atoms with Gasteiger partial charge in [0.2, 0.25) is 5.91 Å². The van der Waals surface area contributed by atoms with Gasteiger partial charge in [-0.15, -0.1) is 0 Å². The van der Waals surface area contributed by atoms with Crippen molar-refractivity contribution in [1.29, 1.82) is 0 Å². The van der Waals surface area contributed by atoms with Crippen LogP contribution in [-0.2, 0) is 14.3 Å². The Hall–Kier alpha value is -1.66. The van der Waals surface area contributed by atoms with Gasteiger partial charge < -0.3 is 20.3 Å². The minimum Gasteiger partial charge on any atom is -0.466 e. The Bertz CT molecular complexity index is 1250. The molecule has 2 unspecified atom stereocenters. The SMILES string of the molecule is CCCCCCCCCCCCCCCCCCCC(=O)OCCCCCCCCCCC/C=C\C/C=C\CCCCCCCCCCCCCCCCCC(=O)NC(CO)C(O)CCCCCCCCCCCCCCCCC. The van der Waals surface area contributed by atoms with E-state index in [0.29, 0.717) is 25.9 Å². The minimum absolute atomic E-state index is 0.0179. The molecule has 0 bridgehead atoms. The molecule has 0 aromatic heterocycles. The summed E-state index contributed by atoms with van der Waals surface area (Å²) in [6.45, 7) is 4.99. The number of aliphatic hydroxyl groups excluding tert-OH is 2. The normalized spacial score (nSPS) is 12.6. The summed E-state index contributed by atoms with van der Waals surface area (Å²) in [6, 6.07) is -0.541. The number of amides is 1. The van der Waals surface area contributed by atoms with Gasteiger partial charge in [-0.3, -0.25) is 9.59 Å². The van der Waals surface area contributed by atoms with E-state index in [1.165, 1.54) is 334 Å². The molecule has 3 N–H and O–H groups in total. The van der Waals surface area contributed by atoms with Crippen molar-refractivity contribution in [3.05, 3.63) is 24.3 Å². The molecule has 0 fully saturated rings. The van der Waals surface area contributed by atoms with Crippen LogP contribution in [0, 0.1) is 0 Å². The lowest BCUT2D eigenvalue weighted by molar-refractivity contribution is -0.143. The molecule has 0 aliphatic carbocycles. The second kappa shape index (κ2) is 69.8. The highest BCUT2D eigenvalue weighted by atomic mass is 16.5. The molecular weight excluding hydrogens is 983 g/mol. The van der Waals surface area contributed by atoms with Crippen molar-refractivity contribution < 1.29 is 24.5 Å². The number of hydrogen-bond donors (Lipinski definition) is 3. The molecule has 6 nitrogen and oxygen atoms in total. The van der Waals surface area contributed by atoms with Crippen molar-refractivity contribution in [3.8, 4) is 0 Å².